The van der Waals surface area contributed by atoms with Gasteiger partial charge in [0.15, 0.2) is 6.54 Å². The number of alkyl halides is 24. The number of para-hydroxylation sites is 1. The summed E-state index contributed by atoms with van der Waals surface area (Å²) in [6, 6.07) is 14.4. The van der Waals surface area contributed by atoms with Crippen LogP contribution in [0.25, 0.3) is 17.0 Å². The summed E-state index contributed by atoms with van der Waals surface area (Å²) < 4.78 is 343. The van der Waals surface area contributed by atoms with E-state index in [9.17, 15) is 105 Å². The van der Waals surface area contributed by atoms with Crippen LogP contribution in [0.15, 0.2) is 146 Å². The minimum atomic E-state index is -6.13. The van der Waals surface area contributed by atoms with Gasteiger partial charge in [-0.1, -0.05) is 97.1 Å². The second-order valence-corrected chi connectivity index (χ2v) is 17.5. The van der Waals surface area contributed by atoms with E-state index in [1.54, 1.807) is 0 Å². The van der Waals surface area contributed by atoms with Crippen LogP contribution in [0.2, 0.25) is 0 Å². The molecule has 1 aromatic heterocycles. The third-order valence-electron chi connectivity index (χ3n) is 12.2. The number of nitrogens with zero attached hydrogens (tertiary/aromatic N) is 1. The van der Waals surface area contributed by atoms with Gasteiger partial charge in [0.25, 0.3) is 0 Å². The predicted molar refractivity (Wildman–Crippen MR) is 240 cm³/mol. The number of aliphatic hydroxyl groups excluding tert-OH is 1. The Balaban J connectivity index is 0.000000378. The zero-order valence-corrected chi connectivity index (χ0v) is 39.1. The molecule has 422 valence electrons. The molecule has 2 nitrogen and oxygen atoms in total. The van der Waals surface area contributed by atoms with Crippen LogP contribution in [0, 0.1) is 0 Å². The Morgan fingerprint density at radius 2 is 0.646 bits per heavy atom. The van der Waals surface area contributed by atoms with Gasteiger partial charge in [0.05, 0.1) is 44.5 Å². The van der Waals surface area contributed by atoms with Crippen LogP contribution in [0.3, 0.4) is 0 Å². The Bertz CT molecular complexity index is 2890. The molecular formula is C52H32BF24NO. The number of halogens is 24. The van der Waals surface area contributed by atoms with E-state index in [2.05, 4.69) is 71.3 Å². The molecule has 0 unspecified atom stereocenters. The molecular weight excluding hydrogens is 1120 g/mol. The van der Waals surface area contributed by atoms with E-state index in [4.69, 9.17) is 5.11 Å². The summed E-state index contributed by atoms with van der Waals surface area (Å²) in [7, 11) is 0. The van der Waals surface area contributed by atoms with Gasteiger partial charge in [-0.2, -0.15) is 132 Å². The minimum Gasteiger partial charge on any atom is -0.396 e. The van der Waals surface area contributed by atoms with Crippen LogP contribution in [0.4, 0.5) is 105 Å². The van der Waals surface area contributed by atoms with Crippen LogP contribution in [-0.2, 0) is 56.0 Å². The van der Waals surface area contributed by atoms with E-state index in [0.717, 1.165) is 12.2 Å². The lowest BCUT2D eigenvalue weighted by molar-refractivity contribution is -0.664. The first-order chi connectivity index (χ1) is 36.1. The highest BCUT2D eigenvalue weighted by molar-refractivity contribution is 7.20. The predicted octanol–water partition coefficient (Wildman–Crippen LogP) is 14.8. The standard InChI is InChI=1S/C32H12BF24.C20H20NO/c34-25(35,36)13-1-14(26(37,38)39)6-21(5-13)33(22-7-15(27(40,41)42)2-16(8-22)28(43,44)45,23-9-17(29(46,47)48)3-18(10-23)30(49,50)51)24-11-19(31(52,53)54)4-20(12-24)32(55,56)57;22-15-7-6-11-19-14-13-18-10-4-5-12-20(18)21(19)16-17-8-2-1-3-9-17/h1-12H;1-6,8-14,22H,7,15-16H2/q-1;+1. The summed E-state index contributed by atoms with van der Waals surface area (Å²) in [5.74, 6) is 0. The molecule has 0 spiro atoms. The van der Waals surface area contributed by atoms with Crippen molar-refractivity contribution in [3.05, 3.63) is 201 Å². The van der Waals surface area contributed by atoms with E-state index in [1.165, 1.54) is 16.5 Å². The smallest absolute Gasteiger partial charge is 0.396 e. The Kier molecular flexibility index (Phi) is 16.8. The van der Waals surface area contributed by atoms with E-state index >= 15 is 0 Å². The average molecular weight is 1150 g/mol. The van der Waals surface area contributed by atoms with E-state index in [1.807, 2.05) is 12.1 Å². The van der Waals surface area contributed by atoms with Crippen molar-refractivity contribution in [2.24, 2.45) is 0 Å². The van der Waals surface area contributed by atoms with Crippen molar-refractivity contribution in [3.8, 4) is 0 Å². The maximum atomic E-state index is 14.2. The largest absolute Gasteiger partial charge is 0.416 e. The molecule has 79 heavy (non-hydrogen) atoms. The maximum Gasteiger partial charge on any atom is 0.416 e. The van der Waals surface area contributed by atoms with Crippen molar-refractivity contribution < 1.29 is 115 Å². The van der Waals surface area contributed by atoms with Crippen molar-refractivity contribution in [1.29, 1.82) is 0 Å². The molecule has 0 fully saturated rings. The molecule has 1 N–H and O–H groups in total. The van der Waals surface area contributed by atoms with E-state index in [0.29, 0.717) is 6.42 Å². The summed E-state index contributed by atoms with van der Waals surface area (Å²) in [4.78, 5) is 0. The Morgan fingerprint density at radius 1 is 0.354 bits per heavy atom. The van der Waals surface area contributed by atoms with Crippen molar-refractivity contribution in [2.45, 2.75) is 62.4 Å². The second kappa shape index (κ2) is 21.8. The quantitative estimate of drug-likeness (QED) is 0.0869. The summed E-state index contributed by atoms with van der Waals surface area (Å²) >= 11 is 0. The second-order valence-electron chi connectivity index (χ2n) is 17.5. The number of rotatable bonds is 9. The number of aliphatic hydroxyl groups is 1. The number of hydrogen-bond donors (Lipinski definition) is 1. The Hall–Kier alpha value is -7.19. The molecule has 0 amide bonds. The zero-order chi connectivity index (χ0) is 59.1. The monoisotopic (exact) mass is 1150 g/mol. The maximum absolute atomic E-state index is 14.2. The first-order valence-corrected chi connectivity index (χ1v) is 22.2. The molecule has 0 saturated heterocycles. The molecule has 0 saturated carbocycles. The average Bonchev–Trinajstić information content (AvgIpc) is 3.54. The van der Waals surface area contributed by atoms with Crippen molar-refractivity contribution >= 4 is 45.0 Å². The molecule has 6 aromatic carbocycles. The summed E-state index contributed by atoms with van der Waals surface area (Å²) in [5, 5.41) is 10.2. The van der Waals surface area contributed by atoms with Gasteiger partial charge >= 0.3 is 49.4 Å². The number of fused-ring (bicyclic) bond motifs is 1. The number of pyridine rings is 1. The van der Waals surface area contributed by atoms with Gasteiger partial charge < -0.3 is 5.11 Å². The molecule has 27 heteroatoms. The molecule has 0 bridgehead atoms. The van der Waals surface area contributed by atoms with Crippen LogP contribution < -0.4 is 26.4 Å². The fourth-order valence-corrected chi connectivity index (χ4v) is 8.72. The SMILES string of the molecule is FC(F)(F)c1cc([B-](c2cc(C(F)(F)F)cc(C(F)(F)F)c2)(c2cc(C(F)(F)F)cc(C(F)(F)F)c2)c2cc(C(F)(F)F)cc(C(F)(F)F)c2)cc(C(F)(F)F)c1.OCCC=Cc1ccc2ccccc2[n+]1Cc1ccccc1. The van der Waals surface area contributed by atoms with Crippen molar-refractivity contribution in [2.75, 3.05) is 6.61 Å². The molecule has 0 aliphatic rings. The van der Waals surface area contributed by atoms with Crippen LogP contribution >= 0.6 is 0 Å². The fourth-order valence-electron chi connectivity index (χ4n) is 8.72. The van der Waals surface area contributed by atoms with Gasteiger partial charge in [-0.15, -0.1) is 0 Å². The van der Waals surface area contributed by atoms with Gasteiger partial charge in [0, 0.05) is 35.8 Å². The first-order valence-electron chi connectivity index (χ1n) is 22.2. The molecule has 7 rings (SSSR count). The van der Waals surface area contributed by atoms with Gasteiger partial charge in [-0.25, -0.2) is 0 Å². The van der Waals surface area contributed by atoms with Crippen LogP contribution in [-0.4, -0.2) is 17.9 Å². The fraction of sp³-hybridized carbons (Fsp3) is 0.212. The van der Waals surface area contributed by atoms with E-state index in [-0.39, 0.29) is 6.61 Å². The van der Waals surface area contributed by atoms with Gasteiger partial charge in [0.2, 0.25) is 11.2 Å². The lowest BCUT2D eigenvalue weighted by atomic mass is 9.12. The molecule has 0 atom stereocenters. The lowest BCUT2D eigenvalue weighted by Crippen LogP contribution is -2.75. The Morgan fingerprint density at radius 3 is 0.937 bits per heavy atom. The van der Waals surface area contributed by atoms with Gasteiger partial charge in [-0.3, -0.25) is 0 Å². The van der Waals surface area contributed by atoms with Crippen LogP contribution in [0.5, 0.6) is 0 Å². The third kappa shape index (κ3) is 14.2. The normalized spacial score (nSPS) is 13.5. The molecule has 0 aliphatic carbocycles. The summed E-state index contributed by atoms with van der Waals surface area (Å²) in [6.45, 7) is 1.02. The molecule has 0 radical (unpaired) electrons. The highest BCUT2D eigenvalue weighted by atomic mass is 19.4. The topological polar surface area (TPSA) is 24.1 Å². The summed E-state index contributed by atoms with van der Waals surface area (Å²) in [6.07, 6.45) is -50.0. The lowest BCUT2D eigenvalue weighted by Gasteiger charge is -2.46. The summed E-state index contributed by atoms with van der Waals surface area (Å²) in [5.41, 5.74) is -26.6. The van der Waals surface area contributed by atoms with E-state index < -0.39 is 195 Å². The molecule has 1 heterocycles. The number of aromatic nitrogens is 1. The first kappa shape index (κ1) is 61.0. The highest BCUT2D eigenvalue weighted by Gasteiger charge is 2.47. The number of hydrogen-bond acceptors (Lipinski definition) is 1. The van der Waals surface area contributed by atoms with Gasteiger partial charge in [0.1, 0.15) is 6.15 Å². The van der Waals surface area contributed by atoms with Gasteiger partial charge in [-0.05, 0) is 42.8 Å². The third-order valence-corrected chi connectivity index (χ3v) is 12.2. The Labute approximate surface area is 429 Å². The van der Waals surface area contributed by atoms with Crippen molar-refractivity contribution in [3.63, 3.8) is 0 Å². The van der Waals surface area contributed by atoms with Crippen LogP contribution in [0.1, 0.15) is 62.2 Å². The highest BCUT2D eigenvalue weighted by Crippen LogP contribution is 2.41. The minimum absolute atomic E-state index is 0.183. The zero-order valence-electron chi connectivity index (χ0n) is 39.1. The number of benzene rings is 6. The molecule has 0 aliphatic heterocycles. The van der Waals surface area contributed by atoms with Crippen molar-refractivity contribution in [1.82, 2.24) is 0 Å². The molecule has 7 aromatic rings.